The second kappa shape index (κ2) is 6.56. The van der Waals surface area contributed by atoms with Crippen molar-refractivity contribution in [3.8, 4) is 11.3 Å². The summed E-state index contributed by atoms with van der Waals surface area (Å²) in [6.07, 6.45) is 0. The Morgan fingerprint density at radius 3 is 2.46 bits per heavy atom. The van der Waals surface area contributed by atoms with E-state index >= 15 is 0 Å². The molecule has 0 saturated carbocycles. The third-order valence-electron chi connectivity index (χ3n) is 3.35. The molecule has 0 fully saturated rings. The van der Waals surface area contributed by atoms with Crippen molar-refractivity contribution in [3.63, 3.8) is 0 Å². The van der Waals surface area contributed by atoms with Gasteiger partial charge in [0.25, 0.3) is 5.56 Å². The summed E-state index contributed by atoms with van der Waals surface area (Å²) in [5, 5.41) is 13.6. The molecule has 5 nitrogen and oxygen atoms in total. The smallest absolute Gasteiger partial charge is 0.267 e. The molecule has 0 aliphatic rings. The van der Waals surface area contributed by atoms with Crippen molar-refractivity contribution >= 4 is 11.3 Å². The summed E-state index contributed by atoms with van der Waals surface area (Å²) in [7, 11) is 0. The average molecular weight is 348 g/mol. The standard InChI is InChI=1S/C16H14F2N4OS/c1-9(2)16-20-19-13(24-16)8-22-14(23)7-6-12(21-22)15-10(17)4-3-5-11(15)18/h3-7,9H,8H2,1-2H3. The molecule has 0 amide bonds. The summed E-state index contributed by atoms with van der Waals surface area (Å²) in [6.45, 7) is 4.10. The van der Waals surface area contributed by atoms with Crippen molar-refractivity contribution in [1.82, 2.24) is 20.0 Å². The summed E-state index contributed by atoms with van der Waals surface area (Å²) in [6, 6.07) is 6.11. The second-order valence-electron chi connectivity index (χ2n) is 5.50. The van der Waals surface area contributed by atoms with E-state index in [1.165, 1.54) is 29.5 Å². The van der Waals surface area contributed by atoms with Gasteiger partial charge in [-0.2, -0.15) is 5.10 Å². The number of halogens is 2. The van der Waals surface area contributed by atoms with Crippen LogP contribution in [0.1, 0.15) is 29.8 Å². The third kappa shape index (κ3) is 3.23. The van der Waals surface area contributed by atoms with Crippen LogP contribution < -0.4 is 5.56 Å². The van der Waals surface area contributed by atoms with Crippen LogP contribution in [-0.2, 0) is 6.54 Å². The third-order valence-corrected chi connectivity index (χ3v) is 4.56. The van der Waals surface area contributed by atoms with E-state index in [1.54, 1.807) is 0 Å². The lowest BCUT2D eigenvalue weighted by Gasteiger charge is -2.07. The van der Waals surface area contributed by atoms with Gasteiger partial charge < -0.3 is 0 Å². The Labute approximate surface area is 140 Å². The molecule has 0 radical (unpaired) electrons. The van der Waals surface area contributed by atoms with Gasteiger partial charge in [0, 0.05) is 12.0 Å². The van der Waals surface area contributed by atoms with Crippen LogP contribution in [-0.4, -0.2) is 20.0 Å². The van der Waals surface area contributed by atoms with Crippen LogP contribution in [0.2, 0.25) is 0 Å². The van der Waals surface area contributed by atoms with Gasteiger partial charge in [-0.3, -0.25) is 4.79 Å². The van der Waals surface area contributed by atoms with Gasteiger partial charge in [0.1, 0.15) is 21.6 Å². The van der Waals surface area contributed by atoms with Crippen LogP contribution in [0.15, 0.2) is 35.1 Å². The molecule has 124 valence electrons. The molecule has 0 unspecified atom stereocenters. The zero-order chi connectivity index (χ0) is 17.3. The summed E-state index contributed by atoms with van der Waals surface area (Å²) in [4.78, 5) is 12.0. The van der Waals surface area contributed by atoms with Gasteiger partial charge in [-0.15, -0.1) is 10.2 Å². The molecule has 0 aliphatic heterocycles. The van der Waals surface area contributed by atoms with E-state index in [0.29, 0.717) is 5.01 Å². The topological polar surface area (TPSA) is 60.7 Å². The number of aromatic nitrogens is 4. The zero-order valence-electron chi connectivity index (χ0n) is 13.0. The molecule has 0 spiro atoms. The summed E-state index contributed by atoms with van der Waals surface area (Å²) in [5.74, 6) is -1.23. The Bertz CT molecular complexity index is 916. The molecule has 0 bridgehead atoms. The number of hydrogen-bond acceptors (Lipinski definition) is 5. The highest BCUT2D eigenvalue weighted by atomic mass is 32.1. The lowest BCUT2D eigenvalue weighted by atomic mass is 10.1. The molecule has 0 aliphatic carbocycles. The Kier molecular flexibility index (Phi) is 4.48. The molecule has 24 heavy (non-hydrogen) atoms. The number of nitrogens with zero attached hydrogens (tertiary/aromatic N) is 4. The minimum Gasteiger partial charge on any atom is -0.268 e. The SMILES string of the molecule is CC(C)c1nnc(Cn2nc(-c3c(F)cccc3F)ccc2=O)s1. The first-order valence-electron chi connectivity index (χ1n) is 7.30. The number of benzene rings is 1. The van der Waals surface area contributed by atoms with Crippen LogP contribution >= 0.6 is 11.3 Å². The number of rotatable bonds is 4. The van der Waals surface area contributed by atoms with Gasteiger partial charge in [-0.25, -0.2) is 13.5 Å². The lowest BCUT2D eigenvalue weighted by molar-refractivity contribution is 0.582. The maximum atomic E-state index is 13.9. The molecule has 0 atom stereocenters. The van der Waals surface area contributed by atoms with Gasteiger partial charge in [0.05, 0.1) is 17.8 Å². The van der Waals surface area contributed by atoms with Crippen LogP contribution in [0.3, 0.4) is 0 Å². The molecule has 1 aromatic carbocycles. The Morgan fingerprint density at radius 2 is 1.83 bits per heavy atom. The highest BCUT2D eigenvalue weighted by Crippen LogP contribution is 2.23. The first-order valence-corrected chi connectivity index (χ1v) is 8.12. The van der Waals surface area contributed by atoms with E-state index < -0.39 is 11.6 Å². The zero-order valence-corrected chi connectivity index (χ0v) is 13.8. The maximum Gasteiger partial charge on any atom is 0.267 e. The molecular weight excluding hydrogens is 334 g/mol. The van der Waals surface area contributed by atoms with Gasteiger partial charge in [0.15, 0.2) is 0 Å². The Hall–Kier alpha value is -2.48. The van der Waals surface area contributed by atoms with Crippen molar-refractivity contribution in [2.45, 2.75) is 26.3 Å². The van der Waals surface area contributed by atoms with E-state index in [4.69, 9.17) is 0 Å². The average Bonchev–Trinajstić information content (AvgIpc) is 2.99. The van der Waals surface area contributed by atoms with E-state index in [2.05, 4.69) is 15.3 Å². The monoisotopic (exact) mass is 348 g/mol. The van der Waals surface area contributed by atoms with Gasteiger partial charge in [-0.05, 0) is 18.2 Å². The minimum absolute atomic E-state index is 0.0544. The van der Waals surface area contributed by atoms with E-state index in [1.807, 2.05) is 13.8 Å². The fourth-order valence-electron chi connectivity index (χ4n) is 2.13. The van der Waals surface area contributed by atoms with Gasteiger partial charge in [0.2, 0.25) is 0 Å². The van der Waals surface area contributed by atoms with Crippen LogP contribution in [0.25, 0.3) is 11.3 Å². The molecule has 3 aromatic rings. The molecular formula is C16H14F2N4OS. The van der Waals surface area contributed by atoms with Crippen molar-refractivity contribution in [2.75, 3.05) is 0 Å². The molecule has 2 aromatic heterocycles. The van der Waals surface area contributed by atoms with Gasteiger partial charge in [-0.1, -0.05) is 31.3 Å². The van der Waals surface area contributed by atoms with Crippen LogP contribution in [0.5, 0.6) is 0 Å². The predicted molar refractivity (Wildman–Crippen MR) is 86.9 cm³/mol. The first-order chi connectivity index (χ1) is 11.5. The Morgan fingerprint density at radius 1 is 1.12 bits per heavy atom. The van der Waals surface area contributed by atoms with Crippen molar-refractivity contribution < 1.29 is 8.78 Å². The highest BCUT2D eigenvalue weighted by Gasteiger charge is 2.15. The highest BCUT2D eigenvalue weighted by molar-refractivity contribution is 7.11. The predicted octanol–water partition coefficient (Wildman–Crippen LogP) is 3.21. The minimum atomic E-state index is -0.731. The normalized spacial score (nSPS) is 11.2. The molecule has 3 rings (SSSR count). The van der Waals surface area contributed by atoms with Crippen molar-refractivity contribution in [1.29, 1.82) is 0 Å². The maximum absolute atomic E-state index is 13.9. The molecule has 0 N–H and O–H groups in total. The van der Waals surface area contributed by atoms with Crippen LogP contribution in [0, 0.1) is 11.6 Å². The molecule has 2 heterocycles. The fraction of sp³-hybridized carbons (Fsp3) is 0.250. The molecule has 8 heteroatoms. The van der Waals surface area contributed by atoms with Crippen molar-refractivity contribution in [3.05, 3.63) is 62.3 Å². The van der Waals surface area contributed by atoms with E-state index in [0.717, 1.165) is 21.8 Å². The largest absolute Gasteiger partial charge is 0.268 e. The van der Waals surface area contributed by atoms with E-state index in [-0.39, 0.29) is 29.3 Å². The summed E-state index contributed by atoms with van der Waals surface area (Å²) < 4.78 is 28.9. The summed E-state index contributed by atoms with van der Waals surface area (Å²) >= 11 is 1.38. The quantitative estimate of drug-likeness (QED) is 0.726. The van der Waals surface area contributed by atoms with Crippen LogP contribution in [0.4, 0.5) is 8.78 Å². The fourth-order valence-corrected chi connectivity index (χ4v) is 2.96. The van der Waals surface area contributed by atoms with E-state index in [9.17, 15) is 13.6 Å². The summed E-state index contributed by atoms with van der Waals surface area (Å²) in [5.41, 5.74) is -0.582. The number of hydrogen-bond donors (Lipinski definition) is 0. The molecule has 0 saturated heterocycles. The Balaban J connectivity index is 1.99. The first kappa shape index (κ1) is 16.4. The van der Waals surface area contributed by atoms with Gasteiger partial charge >= 0.3 is 0 Å². The van der Waals surface area contributed by atoms with Crippen molar-refractivity contribution in [2.24, 2.45) is 0 Å². The second-order valence-corrected chi connectivity index (χ2v) is 6.59. The lowest BCUT2D eigenvalue weighted by Crippen LogP contribution is -2.23.